The van der Waals surface area contributed by atoms with Crippen molar-refractivity contribution in [2.75, 3.05) is 5.32 Å². The molecule has 1 aliphatic carbocycles. The molecule has 1 N–H and O–H groups in total. The number of nitrogens with one attached hydrogen (secondary N) is 1. The van der Waals surface area contributed by atoms with Gasteiger partial charge in [0.25, 0.3) is 0 Å². The Labute approximate surface area is 131 Å². The molecule has 1 aromatic heterocycles. The smallest absolute Gasteiger partial charge is 0.147 e. The number of aromatic nitrogens is 1. The molecule has 4 rings (SSSR count). The molecule has 0 saturated carbocycles. The van der Waals surface area contributed by atoms with Crippen molar-refractivity contribution in [3.63, 3.8) is 0 Å². The standard InChI is InChI=1S/C17H14BrFN2/c18-11-7-14-12-4-1-5-13(12)16(10-3-2-6-20-9-10)21-17(14)15(19)8-11/h1-4,6-9,12-13,16,21H,5H2/t12-,13+,16-/m1/s1. The summed E-state index contributed by atoms with van der Waals surface area (Å²) >= 11 is 3.40. The lowest BCUT2D eigenvalue weighted by atomic mass is 9.77. The summed E-state index contributed by atoms with van der Waals surface area (Å²) in [7, 11) is 0. The molecule has 2 heterocycles. The largest absolute Gasteiger partial charge is 0.375 e. The monoisotopic (exact) mass is 344 g/mol. The second-order valence-corrected chi connectivity index (χ2v) is 6.53. The molecule has 4 heteroatoms. The Morgan fingerprint density at radius 1 is 1.33 bits per heavy atom. The molecule has 2 aromatic rings. The van der Waals surface area contributed by atoms with E-state index in [4.69, 9.17) is 0 Å². The van der Waals surface area contributed by atoms with Gasteiger partial charge in [0.2, 0.25) is 0 Å². The van der Waals surface area contributed by atoms with Gasteiger partial charge in [0, 0.05) is 22.8 Å². The first-order valence-electron chi connectivity index (χ1n) is 7.06. The fourth-order valence-corrected chi connectivity index (χ4v) is 3.96. The quantitative estimate of drug-likeness (QED) is 0.751. The van der Waals surface area contributed by atoms with Gasteiger partial charge in [-0.15, -0.1) is 0 Å². The third kappa shape index (κ3) is 2.09. The number of hydrogen-bond donors (Lipinski definition) is 1. The third-order valence-electron chi connectivity index (χ3n) is 4.43. The molecule has 2 aliphatic rings. The number of fused-ring (bicyclic) bond motifs is 3. The topological polar surface area (TPSA) is 24.9 Å². The molecule has 1 aromatic carbocycles. The molecule has 0 radical (unpaired) electrons. The summed E-state index contributed by atoms with van der Waals surface area (Å²) in [5.41, 5.74) is 2.78. The van der Waals surface area contributed by atoms with Crippen molar-refractivity contribution >= 4 is 21.6 Å². The Morgan fingerprint density at radius 2 is 2.24 bits per heavy atom. The first-order chi connectivity index (χ1) is 10.2. The van der Waals surface area contributed by atoms with E-state index in [1.807, 2.05) is 18.3 Å². The van der Waals surface area contributed by atoms with Gasteiger partial charge in [-0.1, -0.05) is 34.1 Å². The molecule has 106 valence electrons. The Kier molecular flexibility index (Phi) is 3.07. The highest BCUT2D eigenvalue weighted by atomic mass is 79.9. The van der Waals surface area contributed by atoms with Crippen LogP contribution in [-0.2, 0) is 0 Å². The van der Waals surface area contributed by atoms with Gasteiger partial charge in [-0.2, -0.15) is 0 Å². The molecule has 0 bridgehead atoms. The number of pyridine rings is 1. The van der Waals surface area contributed by atoms with Gasteiger partial charge < -0.3 is 5.32 Å². The first-order valence-corrected chi connectivity index (χ1v) is 7.85. The second-order valence-electron chi connectivity index (χ2n) is 5.61. The maximum Gasteiger partial charge on any atom is 0.147 e. The van der Waals surface area contributed by atoms with Crippen molar-refractivity contribution in [2.24, 2.45) is 5.92 Å². The predicted molar refractivity (Wildman–Crippen MR) is 84.7 cm³/mol. The van der Waals surface area contributed by atoms with E-state index in [0.717, 1.165) is 22.0 Å². The fourth-order valence-electron chi connectivity index (χ4n) is 3.51. The summed E-state index contributed by atoms with van der Waals surface area (Å²) in [5.74, 6) is 0.473. The first kappa shape index (κ1) is 13.0. The molecule has 0 spiro atoms. The van der Waals surface area contributed by atoms with Crippen LogP contribution in [0.4, 0.5) is 10.1 Å². The summed E-state index contributed by atoms with van der Waals surface area (Å²) in [6.07, 6.45) is 9.05. The van der Waals surface area contributed by atoms with Crippen molar-refractivity contribution in [2.45, 2.75) is 18.4 Å². The Morgan fingerprint density at radius 3 is 3.05 bits per heavy atom. The highest BCUT2D eigenvalue weighted by molar-refractivity contribution is 9.10. The van der Waals surface area contributed by atoms with Crippen LogP contribution in [0.25, 0.3) is 0 Å². The SMILES string of the molecule is Fc1cc(Br)cc2c1N[C@H](c1cccnc1)[C@H]1CC=C[C@@H]21. The van der Waals surface area contributed by atoms with Gasteiger partial charge in [0.15, 0.2) is 0 Å². The van der Waals surface area contributed by atoms with Gasteiger partial charge >= 0.3 is 0 Å². The van der Waals surface area contributed by atoms with Crippen molar-refractivity contribution in [1.29, 1.82) is 0 Å². The maximum atomic E-state index is 14.3. The minimum Gasteiger partial charge on any atom is -0.375 e. The summed E-state index contributed by atoms with van der Waals surface area (Å²) < 4.78 is 15.1. The van der Waals surface area contributed by atoms with Crippen molar-refractivity contribution in [3.05, 3.63) is 70.2 Å². The summed E-state index contributed by atoms with van der Waals surface area (Å²) in [4.78, 5) is 4.20. The zero-order valence-corrected chi connectivity index (χ0v) is 12.8. The molecule has 2 nitrogen and oxygen atoms in total. The normalized spacial score (nSPS) is 26.1. The maximum absolute atomic E-state index is 14.3. The van der Waals surface area contributed by atoms with Crippen LogP contribution < -0.4 is 5.32 Å². The number of halogens is 2. The van der Waals surface area contributed by atoms with Crippen LogP contribution in [-0.4, -0.2) is 4.98 Å². The lowest BCUT2D eigenvalue weighted by Gasteiger charge is -2.37. The second kappa shape index (κ2) is 4.95. The molecule has 0 unspecified atom stereocenters. The van der Waals surface area contributed by atoms with E-state index in [0.29, 0.717) is 11.6 Å². The predicted octanol–water partition coefficient (Wildman–Crippen LogP) is 4.81. The van der Waals surface area contributed by atoms with E-state index in [-0.39, 0.29) is 17.8 Å². The summed E-state index contributed by atoms with van der Waals surface area (Å²) in [5, 5.41) is 3.40. The Bertz CT molecular complexity index is 714. The Hall–Kier alpha value is -1.68. The molecule has 1 aliphatic heterocycles. The minimum absolute atomic E-state index is 0.0990. The van der Waals surface area contributed by atoms with Crippen LogP contribution in [0.15, 0.2) is 53.3 Å². The zero-order valence-electron chi connectivity index (χ0n) is 11.3. The lowest BCUT2D eigenvalue weighted by Crippen LogP contribution is -2.29. The van der Waals surface area contributed by atoms with Crippen LogP contribution in [0.1, 0.15) is 29.5 Å². The number of anilines is 1. The van der Waals surface area contributed by atoms with E-state index in [1.165, 1.54) is 6.07 Å². The van der Waals surface area contributed by atoms with E-state index in [1.54, 1.807) is 6.20 Å². The molecular formula is C17H14BrFN2. The van der Waals surface area contributed by atoms with E-state index in [2.05, 4.69) is 44.4 Å². The number of nitrogens with zero attached hydrogens (tertiary/aromatic N) is 1. The molecular weight excluding hydrogens is 331 g/mol. The van der Waals surface area contributed by atoms with Crippen molar-refractivity contribution in [1.82, 2.24) is 4.98 Å². The highest BCUT2D eigenvalue weighted by Crippen LogP contribution is 2.50. The average molecular weight is 345 g/mol. The lowest BCUT2D eigenvalue weighted by molar-refractivity contribution is 0.420. The van der Waals surface area contributed by atoms with Crippen LogP contribution in [0.3, 0.4) is 0 Å². The third-order valence-corrected chi connectivity index (χ3v) is 4.89. The van der Waals surface area contributed by atoms with Gasteiger partial charge in [-0.3, -0.25) is 4.98 Å². The Balaban J connectivity index is 1.84. The minimum atomic E-state index is -0.202. The molecule has 0 saturated heterocycles. The number of hydrogen-bond acceptors (Lipinski definition) is 2. The van der Waals surface area contributed by atoms with Gasteiger partial charge in [0.05, 0.1) is 11.7 Å². The van der Waals surface area contributed by atoms with E-state index >= 15 is 0 Å². The fraction of sp³-hybridized carbons (Fsp3) is 0.235. The molecule has 21 heavy (non-hydrogen) atoms. The van der Waals surface area contributed by atoms with Crippen LogP contribution in [0, 0.1) is 11.7 Å². The van der Waals surface area contributed by atoms with Crippen molar-refractivity contribution < 1.29 is 4.39 Å². The van der Waals surface area contributed by atoms with Gasteiger partial charge in [-0.05, 0) is 41.7 Å². The zero-order chi connectivity index (χ0) is 14.4. The highest BCUT2D eigenvalue weighted by Gasteiger charge is 2.39. The summed E-state index contributed by atoms with van der Waals surface area (Å²) in [6, 6.07) is 7.63. The number of benzene rings is 1. The van der Waals surface area contributed by atoms with Crippen molar-refractivity contribution in [3.8, 4) is 0 Å². The summed E-state index contributed by atoms with van der Waals surface area (Å²) in [6.45, 7) is 0. The van der Waals surface area contributed by atoms with Crippen LogP contribution >= 0.6 is 15.9 Å². The van der Waals surface area contributed by atoms with Gasteiger partial charge in [0.1, 0.15) is 5.82 Å². The van der Waals surface area contributed by atoms with Crippen LogP contribution in [0.2, 0.25) is 0 Å². The van der Waals surface area contributed by atoms with E-state index < -0.39 is 0 Å². The average Bonchev–Trinajstić information content (AvgIpc) is 2.97. The molecule has 3 atom stereocenters. The van der Waals surface area contributed by atoms with Gasteiger partial charge in [-0.25, -0.2) is 4.39 Å². The number of rotatable bonds is 1. The van der Waals surface area contributed by atoms with E-state index in [9.17, 15) is 4.39 Å². The molecule has 0 fully saturated rings. The van der Waals surface area contributed by atoms with Crippen LogP contribution in [0.5, 0.6) is 0 Å². The molecule has 0 amide bonds. The number of allylic oxidation sites excluding steroid dienone is 2.